The molecule has 0 aliphatic carbocycles. The Balaban J connectivity index is 0.0000000997. The zero-order valence-electron chi connectivity index (χ0n) is 74.7. The highest BCUT2D eigenvalue weighted by Gasteiger charge is 2.31. The third-order valence-electron chi connectivity index (χ3n) is 28.5. The maximum atomic E-state index is 6.82. The van der Waals surface area contributed by atoms with E-state index in [2.05, 4.69) is 352 Å². The lowest BCUT2D eigenvalue weighted by Gasteiger charge is -2.14. The lowest BCUT2D eigenvalue weighted by atomic mass is 9.99. The molecule has 32 aromatic rings. The number of hydrogen-bond donors (Lipinski definition) is 0. The summed E-state index contributed by atoms with van der Waals surface area (Å²) in [7, 11) is 0. The Morgan fingerprint density at radius 3 is 1.00 bits per heavy atom. The monoisotopic (exact) mass is 1790 g/mol. The Morgan fingerprint density at radius 1 is 0.171 bits per heavy atom. The van der Waals surface area contributed by atoms with Crippen LogP contribution in [0.25, 0.3) is 297 Å². The number of fused-ring (bicyclic) bond motifs is 39. The van der Waals surface area contributed by atoms with E-state index in [1.807, 2.05) is 103 Å². The molecule has 14 heteroatoms. The molecule has 0 bridgehead atoms. The summed E-state index contributed by atoms with van der Waals surface area (Å²) in [5, 5.41) is 27.1. The molecule has 32 rings (SSSR count). The van der Waals surface area contributed by atoms with Gasteiger partial charge >= 0.3 is 0 Å². The largest absolute Gasteiger partial charge is 0.455 e. The summed E-state index contributed by atoms with van der Waals surface area (Å²) in [5.74, 6) is 1.97. The first kappa shape index (κ1) is 77.3. The van der Waals surface area contributed by atoms with E-state index in [-0.39, 0.29) is 0 Å². The van der Waals surface area contributed by atoms with Gasteiger partial charge in [0.05, 0.1) is 66.6 Å². The van der Waals surface area contributed by atoms with Gasteiger partial charge in [0.2, 0.25) is 11.9 Å². The molecule has 0 unspecified atom stereocenters. The second-order valence-corrected chi connectivity index (χ2v) is 36.0. The summed E-state index contributed by atoms with van der Waals surface area (Å²) >= 11 is 0. The van der Waals surface area contributed by atoms with Gasteiger partial charge in [0.25, 0.3) is 0 Å². The molecule has 0 spiro atoms. The molecule has 0 atom stereocenters. The number of aromatic nitrogens is 10. The molecule has 0 fully saturated rings. The third-order valence-corrected chi connectivity index (χ3v) is 28.5. The zero-order chi connectivity index (χ0) is 91.5. The van der Waals surface area contributed by atoms with Crippen molar-refractivity contribution in [2.45, 2.75) is 0 Å². The van der Waals surface area contributed by atoms with Crippen LogP contribution in [0.15, 0.2) is 454 Å². The Labute approximate surface area is 794 Å². The summed E-state index contributed by atoms with van der Waals surface area (Å²) in [4.78, 5) is 32.0. The molecule has 0 aliphatic rings. The fourth-order valence-corrected chi connectivity index (χ4v) is 22.6. The van der Waals surface area contributed by atoms with Crippen molar-refractivity contribution < 1.29 is 17.7 Å². The molecule has 0 aliphatic heterocycles. The topological polar surface area (TPSA) is 150 Å². The van der Waals surface area contributed by atoms with E-state index in [4.69, 9.17) is 47.6 Å². The molecule has 0 radical (unpaired) electrons. The van der Waals surface area contributed by atoms with Gasteiger partial charge in [-0.15, -0.1) is 0 Å². The number of para-hydroxylation sites is 14. The van der Waals surface area contributed by atoms with Crippen molar-refractivity contribution in [2.75, 3.05) is 0 Å². The van der Waals surface area contributed by atoms with Crippen LogP contribution in [0.4, 0.5) is 0 Å². The molecule has 21 aromatic carbocycles. The van der Waals surface area contributed by atoms with E-state index in [9.17, 15) is 0 Å². The highest BCUT2D eigenvalue weighted by Crippen LogP contribution is 2.52. The molecule has 11 aromatic heterocycles. The Morgan fingerprint density at radius 2 is 0.507 bits per heavy atom. The molecule has 0 saturated heterocycles. The van der Waals surface area contributed by atoms with Crippen LogP contribution < -0.4 is 0 Å². The standard InChI is InChI=1S/C48H28N4O.C42H23N3O2.C36H21N3O/c1-2-14-30(15-3-1)51-39-23-11-7-16-31(39)32-27-26-29(28-41(32)51)45-35-19-6-10-22-38(35)49-48(50-45)52-40-24-12-8-20-36(40)43-33-17-4-5-18-34(33)44-37-21-9-13-25-42(37)53-47(44)46(43)52;1-2-14-26-25(13-1)36-29-16-4-8-21-33(29)45(39(36)41-37(26)30-17-6-10-23-35(30)47-41)42-43-32-20-7-3-15-28(32)38(44-42)31-19-11-18-27-24-12-5-9-22-34(24)46-40(27)31;1-2-12-22(13-3-1)33-36(38-28-19-9-8-18-27(28)37-33)39-29-20-10-6-16-25(29)31-23-14-4-5-15-24(23)32-26-17-7-11-21-30(26)40-35(32)34(31)39/h1-28H;1-23H;1-21H. The first-order chi connectivity index (χ1) is 69.5. The molecule has 0 saturated carbocycles. The van der Waals surface area contributed by atoms with Crippen LogP contribution in [-0.4, -0.2) is 48.2 Å². The van der Waals surface area contributed by atoms with Gasteiger partial charge in [-0.05, 0) is 129 Å². The Hall–Kier alpha value is -19.2. The molecule has 650 valence electrons. The summed E-state index contributed by atoms with van der Waals surface area (Å²) < 4.78 is 35.9. The normalized spacial score (nSPS) is 12.1. The molecule has 0 amide bonds. The van der Waals surface area contributed by atoms with Gasteiger partial charge in [-0.2, -0.15) is 0 Å². The zero-order valence-corrected chi connectivity index (χ0v) is 74.7. The third kappa shape index (κ3) is 11.3. The van der Waals surface area contributed by atoms with Gasteiger partial charge < -0.3 is 22.2 Å². The number of nitrogens with zero attached hydrogens (tertiary/aromatic N) is 10. The van der Waals surface area contributed by atoms with Gasteiger partial charge in [0.1, 0.15) is 44.6 Å². The molecule has 11 heterocycles. The van der Waals surface area contributed by atoms with Crippen molar-refractivity contribution in [3.05, 3.63) is 437 Å². The Bertz CT molecular complexity index is 10900. The van der Waals surface area contributed by atoms with Crippen molar-refractivity contribution >= 4 is 240 Å². The predicted molar refractivity (Wildman–Crippen MR) is 574 cm³/mol. The fraction of sp³-hybridized carbons (Fsp3) is 0. The number of hydrogen-bond acceptors (Lipinski definition) is 10. The van der Waals surface area contributed by atoms with Crippen molar-refractivity contribution in [3.8, 4) is 57.2 Å². The first-order valence-electron chi connectivity index (χ1n) is 47.1. The van der Waals surface area contributed by atoms with Crippen LogP contribution in [0, 0.1) is 0 Å². The average Bonchev–Trinajstić information content (AvgIpc) is 1.54. The summed E-state index contributed by atoms with van der Waals surface area (Å²) in [6.45, 7) is 0. The van der Waals surface area contributed by atoms with Gasteiger partial charge in [0, 0.05) is 119 Å². The molecular weight excluding hydrogens is 1720 g/mol. The van der Waals surface area contributed by atoms with E-state index < -0.39 is 0 Å². The number of rotatable bonds is 7. The minimum Gasteiger partial charge on any atom is -0.455 e. The lowest BCUT2D eigenvalue weighted by molar-refractivity contribution is 0.669. The summed E-state index contributed by atoms with van der Waals surface area (Å²) in [5.41, 5.74) is 25.2. The van der Waals surface area contributed by atoms with Crippen LogP contribution in [0.3, 0.4) is 0 Å². The molecule has 0 N–H and O–H groups in total. The van der Waals surface area contributed by atoms with E-state index in [1.54, 1.807) is 0 Å². The second kappa shape index (κ2) is 30.2. The highest BCUT2D eigenvalue weighted by atomic mass is 16.3. The molecule has 140 heavy (non-hydrogen) atoms. The van der Waals surface area contributed by atoms with Crippen molar-refractivity contribution in [3.63, 3.8) is 0 Å². The maximum absolute atomic E-state index is 6.82. The summed E-state index contributed by atoms with van der Waals surface area (Å²) in [6.07, 6.45) is 0. The van der Waals surface area contributed by atoms with Crippen LogP contribution in [0.1, 0.15) is 0 Å². The minimum atomic E-state index is 0.579. The molecule has 14 nitrogen and oxygen atoms in total. The van der Waals surface area contributed by atoms with Gasteiger partial charge in [-0.3, -0.25) is 13.7 Å². The second-order valence-electron chi connectivity index (χ2n) is 36.0. The smallest absolute Gasteiger partial charge is 0.235 e. The molecular formula is C126H72N10O4. The van der Waals surface area contributed by atoms with Crippen LogP contribution >= 0.6 is 0 Å². The van der Waals surface area contributed by atoms with Crippen LogP contribution in [-0.2, 0) is 0 Å². The van der Waals surface area contributed by atoms with Crippen molar-refractivity contribution in [1.82, 2.24) is 48.2 Å². The highest BCUT2D eigenvalue weighted by molar-refractivity contribution is 6.38. The van der Waals surface area contributed by atoms with E-state index in [0.29, 0.717) is 11.9 Å². The maximum Gasteiger partial charge on any atom is 0.235 e. The first-order valence-corrected chi connectivity index (χ1v) is 47.1. The van der Waals surface area contributed by atoms with E-state index >= 15 is 0 Å². The van der Waals surface area contributed by atoms with Gasteiger partial charge in [0.15, 0.2) is 22.6 Å². The Kier molecular flexibility index (Phi) is 16.6. The lowest BCUT2D eigenvalue weighted by Crippen LogP contribution is -2.03. The van der Waals surface area contributed by atoms with E-state index in [0.717, 1.165) is 237 Å². The average molecular weight is 1790 g/mol. The van der Waals surface area contributed by atoms with Crippen LogP contribution in [0.5, 0.6) is 0 Å². The predicted octanol–water partition coefficient (Wildman–Crippen LogP) is 33.3. The van der Waals surface area contributed by atoms with Crippen LogP contribution in [0.2, 0.25) is 0 Å². The summed E-state index contributed by atoms with van der Waals surface area (Å²) in [6, 6.07) is 152. The van der Waals surface area contributed by atoms with E-state index in [1.165, 1.54) is 48.6 Å². The number of furan rings is 4. The fourth-order valence-electron chi connectivity index (χ4n) is 22.6. The van der Waals surface area contributed by atoms with Crippen molar-refractivity contribution in [1.29, 1.82) is 0 Å². The minimum absolute atomic E-state index is 0.579. The van der Waals surface area contributed by atoms with Crippen molar-refractivity contribution in [2.24, 2.45) is 0 Å². The SMILES string of the molecule is c1ccc(-c2nc3ccccc3nc2-n2c3ccccc3c3c4ccccc4c4c5ccccc5oc4c32)cc1.c1ccc(-n2c3ccccc3c3ccc(-c4nc(-n5c6ccccc6c6c7ccccc7c7c8ccccc8oc7c65)nc5ccccc45)cc32)cc1.c1ccc2c(-c3cccc4c3oc3ccccc34)nc(-n3c4ccccc4c4c5ccccc5c5c6ccccc6oc5c43)nc2c1. The number of benzene rings is 21. The van der Waals surface area contributed by atoms with Gasteiger partial charge in [-0.25, -0.2) is 29.9 Å². The van der Waals surface area contributed by atoms with Gasteiger partial charge in [-0.1, -0.05) is 340 Å². The quantitative estimate of drug-likeness (QED) is 0.151.